The molecule has 0 amide bonds. The van der Waals surface area contributed by atoms with Crippen molar-refractivity contribution in [3.63, 3.8) is 0 Å². The van der Waals surface area contributed by atoms with E-state index in [9.17, 15) is 9.59 Å². The fourth-order valence-corrected chi connectivity index (χ4v) is 15.3. The monoisotopic (exact) mass is 752 g/mol. The number of unbranched alkanes of at least 4 members (excludes halogenated alkanes) is 4. The molecule has 1 aromatic heterocycles. The summed E-state index contributed by atoms with van der Waals surface area (Å²) in [6, 6.07) is 17.8. The number of anilines is 5. The highest BCUT2D eigenvalue weighted by atomic mass is 28.4. The molecule has 0 aliphatic heterocycles. The number of benzene rings is 2. The molecule has 14 heteroatoms. The van der Waals surface area contributed by atoms with E-state index in [1.807, 2.05) is 0 Å². The van der Waals surface area contributed by atoms with Crippen molar-refractivity contribution in [3.8, 4) is 0 Å². The highest BCUT2D eigenvalue weighted by Crippen LogP contribution is 2.21. The number of ether oxygens (including phenoxy) is 2. The summed E-state index contributed by atoms with van der Waals surface area (Å²) >= 11 is 0. The Labute approximate surface area is 309 Å². The third-order valence-corrected chi connectivity index (χ3v) is 16.3. The van der Waals surface area contributed by atoms with Crippen molar-refractivity contribution in [1.82, 2.24) is 15.0 Å². The van der Waals surface area contributed by atoms with Crippen LogP contribution in [0.2, 0.25) is 50.9 Å². The minimum absolute atomic E-state index is 0.335. The second-order valence-corrected chi connectivity index (χ2v) is 25.2. The van der Waals surface area contributed by atoms with E-state index < -0.39 is 26.2 Å². The largest absolute Gasteiger partial charge is 0.462 e. The Balaban J connectivity index is 1.72. The molecule has 0 radical (unpaired) electrons. The predicted octanol–water partition coefficient (Wildman–Crippen LogP) is 8.92. The fourth-order valence-electron chi connectivity index (χ4n) is 5.22. The minimum Gasteiger partial charge on any atom is -0.462 e. The third-order valence-electron chi connectivity index (χ3n) is 7.92. The minimum atomic E-state index is -1.59. The van der Waals surface area contributed by atoms with E-state index in [4.69, 9.17) is 13.6 Å². The first-order chi connectivity index (χ1) is 24.5. The van der Waals surface area contributed by atoms with Gasteiger partial charge in [0.05, 0.1) is 24.3 Å². The fraction of sp³-hybridized carbons (Fsp3) is 0.541. The Morgan fingerprint density at radius 1 is 0.647 bits per heavy atom. The van der Waals surface area contributed by atoms with Gasteiger partial charge in [0.1, 0.15) is 0 Å². The summed E-state index contributed by atoms with van der Waals surface area (Å²) in [5, 5.41) is 9.91. The van der Waals surface area contributed by atoms with E-state index in [1.54, 1.807) is 48.5 Å². The summed E-state index contributed by atoms with van der Waals surface area (Å²) in [5.74, 6) is 0.451. The summed E-state index contributed by atoms with van der Waals surface area (Å²) in [6.07, 6.45) is 6.90. The summed E-state index contributed by atoms with van der Waals surface area (Å²) in [5.41, 5.74) is 2.41. The molecule has 1 atom stereocenters. The summed E-state index contributed by atoms with van der Waals surface area (Å²) in [6.45, 7) is 17.5. The normalized spacial score (nSPS) is 12.0. The molecule has 3 aromatic rings. The average molecular weight is 753 g/mol. The predicted molar refractivity (Wildman–Crippen MR) is 217 cm³/mol. The van der Waals surface area contributed by atoms with Crippen LogP contribution in [0.25, 0.3) is 0 Å². The Kier molecular flexibility index (Phi) is 18.3. The van der Waals surface area contributed by atoms with Gasteiger partial charge in [-0.25, -0.2) is 9.59 Å². The molecule has 1 unspecified atom stereocenters. The van der Waals surface area contributed by atoms with E-state index >= 15 is 0 Å². The van der Waals surface area contributed by atoms with E-state index in [-0.39, 0.29) is 11.9 Å². The quantitative estimate of drug-likeness (QED) is 0.0460. The molecular formula is C37H60N6O5Si3. The topological polar surface area (TPSA) is 137 Å². The zero-order valence-corrected chi connectivity index (χ0v) is 35.2. The van der Waals surface area contributed by atoms with Crippen molar-refractivity contribution < 1.29 is 23.2 Å². The van der Waals surface area contributed by atoms with Gasteiger partial charge in [-0.3, -0.25) is 0 Å². The molecule has 3 N–H and O–H groups in total. The van der Waals surface area contributed by atoms with Crippen LogP contribution < -0.4 is 16.0 Å². The van der Waals surface area contributed by atoms with Gasteiger partial charge < -0.3 is 29.5 Å². The van der Waals surface area contributed by atoms with Crippen LogP contribution in [0.3, 0.4) is 0 Å². The van der Waals surface area contributed by atoms with E-state index in [2.05, 4.69) is 77.5 Å². The maximum atomic E-state index is 12.5. The Hall–Kier alpha value is -3.60. The maximum Gasteiger partial charge on any atom is 0.338 e. The van der Waals surface area contributed by atoms with E-state index in [1.165, 1.54) is 12.1 Å². The summed E-state index contributed by atoms with van der Waals surface area (Å²) in [7, 11) is -3.49. The zero-order valence-electron chi connectivity index (χ0n) is 31.8. The molecule has 0 aliphatic carbocycles. The number of carbonyl (C=O) groups excluding carboxylic acids is 2. The lowest BCUT2D eigenvalue weighted by Gasteiger charge is -2.26. The molecule has 0 saturated heterocycles. The smallest absolute Gasteiger partial charge is 0.338 e. The molecule has 0 saturated carbocycles. The summed E-state index contributed by atoms with van der Waals surface area (Å²) in [4.78, 5) is 38.8. The highest BCUT2D eigenvalue weighted by Gasteiger charge is 2.22. The first kappa shape index (κ1) is 41.8. The Bertz CT molecular complexity index is 1390. The number of carbonyl (C=O) groups is 2. The molecule has 280 valence electrons. The van der Waals surface area contributed by atoms with E-state index in [0.29, 0.717) is 60.1 Å². The van der Waals surface area contributed by atoms with Crippen molar-refractivity contribution in [3.05, 3.63) is 59.7 Å². The van der Waals surface area contributed by atoms with Gasteiger partial charge in [-0.05, 0) is 99.5 Å². The van der Waals surface area contributed by atoms with Crippen molar-refractivity contribution >= 4 is 67.3 Å². The summed E-state index contributed by atoms with van der Waals surface area (Å²) < 4.78 is 17.5. The number of hydrogen-bond acceptors (Lipinski definition) is 11. The molecule has 51 heavy (non-hydrogen) atoms. The first-order valence-corrected chi connectivity index (χ1v) is 27.4. The SMILES string of the molecule is CCCCCOC(=O)c1ccc(Nc2nc(NCCC[SiH](CC[SiH](C)C)O[Si](C)(C)C)nc(Nc3ccc(C(=O)OCCCCC)cc3)n2)cc1. The molecule has 11 nitrogen and oxygen atoms in total. The zero-order chi connectivity index (χ0) is 37.1. The Morgan fingerprint density at radius 3 is 1.55 bits per heavy atom. The second kappa shape index (κ2) is 22.4. The van der Waals surface area contributed by atoms with E-state index in [0.717, 1.165) is 51.0 Å². The van der Waals surface area contributed by atoms with Gasteiger partial charge in [0, 0.05) is 26.7 Å². The van der Waals surface area contributed by atoms with Crippen molar-refractivity contribution in [2.75, 3.05) is 35.7 Å². The van der Waals surface area contributed by atoms with Crippen molar-refractivity contribution in [2.24, 2.45) is 0 Å². The average Bonchev–Trinajstić information content (AvgIpc) is 3.09. The van der Waals surface area contributed by atoms with Gasteiger partial charge in [0.15, 0.2) is 17.4 Å². The van der Waals surface area contributed by atoms with Crippen LogP contribution in [-0.4, -0.2) is 72.8 Å². The lowest BCUT2D eigenvalue weighted by Crippen LogP contribution is -2.35. The van der Waals surface area contributed by atoms with Gasteiger partial charge in [-0.2, -0.15) is 15.0 Å². The van der Waals surface area contributed by atoms with Crippen LogP contribution in [0.4, 0.5) is 29.2 Å². The van der Waals surface area contributed by atoms with Crippen LogP contribution in [0.15, 0.2) is 48.5 Å². The number of rotatable bonds is 24. The van der Waals surface area contributed by atoms with Gasteiger partial charge in [0.2, 0.25) is 17.8 Å². The highest BCUT2D eigenvalue weighted by molar-refractivity contribution is 6.77. The van der Waals surface area contributed by atoms with Gasteiger partial charge in [-0.15, -0.1) is 0 Å². The second-order valence-electron chi connectivity index (χ2n) is 14.3. The number of aromatic nitrogens is 3. The number of nitrogens with zero attached hydrogens (tertiary/aromatic N) is 3. The van der Waals surface area contributed by atoms with Crippen molar-refractivity contribution in [1.29, 1.82) is 0 Å². The van der Waals surface area contributed by atoms with Crippen LogP contribution in [0.5, 0.6) is 0 Å². The third kappa shape index (κ3) is 17.0. The number of nitrogens with one attached hydrogen (secondary N) is 3. The van der Waals surface area contributed by atoms with Crippen LogP contribution in [0, 0.1) is 0 Å². The van der Waals surface area contributed by atoms with Gasteiger partial charge in [-0.1, -0.05) is 58.7 Å². The number of esters is 2. The molecule has 3 rings (SSSR count). The molecule has 2 aromatic carbocycles. The lowest BCUT2D eigenvalue weighted by atomic mass is 10.2. The lowest BCUT2D eigenvalue weighted by molar-refractivity contribution is 0.0489. The number of hydrogen-bond donors (Lipinski definition) is 3. The first-order valence-electron chi connectivity index (χ1n) is 18.7. The molecule has 0 aliphatic rings. The van der Waals surface area contributed by atoms with Gasteiger partial charge >= 0.3 is 11.9 Å². The van der Waals surface area contributed by atoms with Gasteiger partial charge in [0.25, 0.3) is 0 Å². The molecule has 0 bridgehead atoms. The maximum absolute atomic E-state index is 12.5. The van der Waals surface area contributed by atoms with Crippen LogP contribution >= 0.6 is 0 Å². The molecular weight excluding hydrogens is 693 g/mol. The molecule has 1 heterocycles. The standard InChI is InChI=1S/C37H60N6O5Si3/c1-8-10-12-24-46-33(44)29-15-19-31(20-16-29)39-36-41-35(38-23-14-26-50(28-27-49(3)4)48-51(5,6)7)42-37(43-36)40-32-21-17-30(18-22-32)34(45)47-25-13-11-9-2/h15-22,49-50H,8-14,23-28H2,1-7H3,(H3,38,39,40,41,42,43). The molecule has 0 spiro atoms. The Morgan fingerprint density at radius 2 is 1.12 bits per heavy atom. The van der Waals surface area contributed by atoms with Crippen LogP contribution in [0.1, 0.15) is 79.5 Å². The molecule has 0 fully saturated rings. The van der Waals surface area contributed by atoms with Crippen LogP contribution in [-0.2, 0) is 13.6 Å². The van der Waals surface area contributed by atoms with Crippen molar-refractivity contribution in [2.45, 2.75) is 110 Å².